The Labute approximate surface area is 207 Å². The molecule has 3 aromatic carbocycles. The highest BCUT2D eigenvalue weighted by Gasteiger charge is 2.23. The van der Waals surface area contributed by atoms with Crippen molar-refractivity contribution in [2.24, 2.45) is 0 Å². The quantitative estimate of drug-likeness (QED) is 0.305. The zero-order valence-electron chi connectivity index (χ0n) is 17.8. The van der Waals surface area contributed by atoms with Crippen LogP contribution in [0.2, 0.25) is 0 Å². The first-order valence-corrected chi connectivity index (χ1v) is 11.5. The van der Waals surface area contributed by atoms with Crippen LogP contribution in [0.25, 0.3) is 0 Å². The fourth-order valence-corrected chi connectivity index (χ4v) is 4.51. The second-order valence-corrected chi connectivity index (χ2v) is 9.26. The molecule has 0 aliphatic rings. The van der Waals surface area contributed by atoms with Gasteiger partial charge in [-0.1, -0.05) is 19.9 Å². The molecule has 0 bridgehead atoms. The SMILES string of the molecule is CC(C)c1cc(Oc2c(Br)cc(N(CC(=O)O)C(=O)c3cccc(O)c3)cc2Br)ccc1O. The molecule has 0 spiro atoms. The molecule has 0 unspecified atom stereocenters. The fourth-order valence-electron chi connectivity index (χ4n) is 3.19. The Hall–Kier alpha value is -3.04. The van der Waals surface area contributed by atoms with Crippen LogP contribution in [-0.2, 0) is 4.79 Å². The number of ether oxygens (including phenoxy) is 1. The molecule has 0 aliphatic heterocycles. The normalized spacial score (nSPS) is 10.8. The van der Waals surface area contributed by atoms with E-state index in [4.69, 9.17) is 4.74 Å². The first-order valence-electron chi connectivity index (χ1n) is 9.89. The maximum atomic E-state index is 13.0. The van der Waals surface area contributed by atoms with Crippen molar-refractivity contribution in [3.05, 3.63) is 74.7 Å². The third kappa shape index (κ3) is 5.85. The second kappa shape index (κ2) is 10.3. The average molecular weight is 579 g/mol. The smallest absolute Gasteiger partial charge is 0.323 e. The Bertz CT molecular complexity index is 1190. The predicted octanol–water partition coefficient (Wildman–Crippen LogP) is 6.27. The van der Waals surface area contributed by atoms with Gasteiger partial charge < -0.3 is 20.1 Å². The zero-order valence-corrected chi connectivity index (χ0v) is 20.9. The number of carboxylic acids is 1. The summed E-state index contributed by atoms with van der Waals surface area (Å²) in [5.41, 5.74) is 1.19. The van der Waals surface area contributed by atoms with Crippen molar-refractivity contribution in [1.29, 1.82) is 0 Å². The van der Waals surface area contributed by atoms with Gasteiger partial charge in [0.15, 0.2) is 5.75 Å². The third-order valence-corrected chi connectivity index (χ3v) is 5.95. The first-order chi connectivity index (χ1) is 15.6. The van der Waals surface area contributed by atoms with Gasteiger partial charge >= 0.3 is 5.97 Å². The second-order valence-electron chi connectivity index (χ2n) is 7.55. The summed E-state index contributed by atoms with van der Waals surface area (Å²) in [5.74, 6) is -0.682. The van der Waals surface area contributed by atoms with Gasteiger partial charge in [0.25, 0.3) is 5.91 Å². The van der Waals surface area contributed by atoms with Crippen molar-refractivity contribution in [3.8, 4) is 23.0 Å². The van der Waals surface area contributed by atoms with Gasteiger partial charge in [0.05, 0.1) is 8.95 Å². The summed E-state index contributed by atoms with van der Waals surface area (Å²) in [6, 6.07) is 13.8. The summed E-state index contributed by atoms with van der Waals surface area (Å²) in [4.78, 5) is 25.6. The lowest BCUT2D eigenvalue weighted by Gasteiger charge is -2.23. The molecule has 3 N–H and O–H groups in total. The van der Waals surface area contributed by atoms with Crippen molar-refractivity contribution in [2.75, 3.05) is 11.4 Å². The van der Waals surface area contributed by atoms with Crippen LogP contribution in [0.5, 0.6) is 23.0 Å². The number of carbonyl (C=O) groups is 2. The first kappa shape index (κ1) is 24.6. The Morgan fingerprint density at radius 1 is 1.00 bits per heavy atom. The Balaban J connectivity index is 1.97. The number of rotatable bonds is 7. The van der Waals surface area contributed by atoms with Gasteiger partial charge in [-0.15, -0.1) is 0 Å². The van der Waals surface area contributed by atoms with Crippen LogP contribution in [0.1, 0.15) is 35.7 Å². The maximum Gasteiger partial charge on any atom is 0.323 e. The molecule has 0 aromatic heterocycles. The molecule has 33 heavy (non-hydrogen) atoms. The van der Waals surface area contributed by atoms with Gasteiger partial charge in [-0.2, -0.15) is 0 Å². The van der Waals surface area contributed by atoms with Crippen LogP contribution in [0.4, 0.5) is 5.69 Å². The number of nitrogens with zero attached hydrogens (tertiary/aromatic N) is 1. The molecular formula is C24H21Br2NO6. The highest BCUT2D eigenvalue weighted by Crippen LogP contribution is 2.41. The molecule has 0 saturated carbocycles. The van der Waals surface area contributed by atoms with Crippen LogP contribution < -0.4 is 9.64 Å². The van der Waals surface area contributed by atoms with E-state index in [0.717, 1.165) is 10.5 Å². The predicted molar refractivity (Wildman–Crippen MR) is 132 cm³/mol. The number of amides is 1. The minimum Gasteiger partial charge on any atom is -0.508 e. The van der Waals surface area contributed by atoms with Gasteiger partial charge in [0.2, 0.25) is 0 Å². The number of hydrogen-bond acceptors (Lipinski definition) is 5. The maximum absolute atomic E-state index is 13.0. The standard InChI is InChI=1S/C24H21Br2NO6/c1-13(2)18-11-17(6-7-21(18)29)33-23-19(25)9-15(10-20(23)26)27(12-22(30)31)24(32)14-4-3-5-16(28)8-14/h3-11,13,28-29H,12H2,1-2H3,(H,30,31). The molecule has 3 rings (SSSR count). The van der Waals surface area contributed by atoms with Gasteiger partial charge in [0, 0.05) is 16.8 Å². The summed E-state index contributed by atoms with van der Waals surface area (Å²) in [5, 5.41) is 29.1. The van der Waals surface area contributed by atoms with Crippen LogP contribution in [-0.4, -0.2) is 33.7 Å². The minimum atomic E-state index is -1.19. The van der Waals surface area contributed by atoms with E-state index < -0.39 is 18.4 Å². The van der Waals surface area contributed by atoms with E-state index in [0.29, 0.717) is 26.1 Å². The number of aromatic hydroxyl groups is 2. The molecule has 9 heteroatoms. The van der Waals surface area contributed by atoms with Gasteiger partial charge in [-0.3, -0.25) is 14.5 Å². The lowest BCUT2D eigenvalue weighted by molar-refractivity contribution is -0.135. The molecule has 0 radical (unpaired) electrons. The lowest BCUT2D eigenvalue weighted by atomic mass is 10.0. The Kier molecular flexibility index (Phi) is 7.65. The van der Waals surface area contributed by atoms with Crippen molar-refractivity contribution >= 4 is 49.4 Å². The topological polar surface area (TPSA) is 107 Å². The van der Waals surface area contributed by atoms with E-state index in [1.165, 1.54) is 24.3 Å². The Morgan fingerprint density at radius 3 is 2.24 bits per heavy atom. The minimum absolute atomic E-state index is 0.0934. The number of aliphatic carboxylic acids is 1. The van der Waals surface area contributed by atoms with E-state index >= 15 is 0 Å². The van der Waals surface area contributed by atoms with E-state index in [9.17, 15) is 24.9 Å². The van der Waals surface area contributed by atoms with Crippen LogP contribution in [0.3, 0.4) is 0 Å². The summed E-state index contributed by atoms with van der Waals surface area (Å²) in [7, 11) is 0. The van der Waals surface area contributed by atoms with Crippen molar-refractivity contribution < 1.29 is 29.6 Å². The Morgan fingerprint density at radius 2 is 1.67 bits per heavy atom. The lowest BCUT2D eigenvalue weighted by Crippen LogP contribution is -2.35. The molecule has 0 aliphatic carbocycles. The number of benzene rings is 3. The monoisotopic (exact) mass is 577 g/mol. The average Bonchev–Trinajstić information content (AvgIpc) is 2.74. The van der Waals surface area contributed by atoms with Gasteiger partial charge in [-0.25, -0.2) is 0 Å². The number of carboxylic acid groups (broad SMARTS) is 1. The summed E-state index contributed by atoms with van der Waals surface area (Å²) in [6.07, 6.45) is 0. The number of carbonyl (C=O) groups excluding carboxylic acids is 1. The number of anilines is 1. The molecule has 1 amide bonds. The van der Waals surface area contributed by atoms with Crippen LogP contribution in [0, 0.1) is 0 Å². The molecule has 7 nitrogen and oxygen atoms in total. The fraction of sp³-hybridized carbons (Fsp3) is 0.167. The van der Waals surface area contributed by atoms with Crippen molar-refractivity contribution in [1.82, 2.24) is 0 Å². The van der Waals surface area contributed by atoms with E-state index in [2.05, 4.69) is 31.9 Å². The van der Waals surface area contributed by atoms with E-state index in [1.807, 2.05) is 13.8 Å². The highest BCUT2D eigenvalue weighted by molar-refractivity contribution is 9.11. The molecular weight excluding hydrogens is 558 g/mol. The molecule has 0 saturated heterocycles. The zero-order chi connectivity index (χ0) is 24.3. The molecule has 0 atom stereocenters. The number of hydrogen-bond donors (Lipinski definition) is 3. The molecule has 0 heterocycles. The number of phenols is 2. The van der Waals surface area contributed by atoms with Crippen LogP contribution >= 0.6 is 31.9 Å². The summed E-state index contributed by atoms with van der Waals surface area (Å²) in [6.45, 7) is 3.34. The van der Waals surface area contributed by atoms with Gasteiger partial charge in [-0.05, 0) is 86.3 Å². The summed E-state index contributed by atoms with van der Waals surface area (Å²) >= 11 is 6.88. The molecule has 172 valence electrons. The third-order valence-electron chi connectivity index (χ3n) is 4.77. The summed E-state index contributed by atoms with van der Waals surface area (Å²) < 4.78 is 6.96. The van der Waals surface area contributed by atoms with E-state index in [-0.39, 0.29) is 23.0 Å². The van der Waals surface area contributed by atoms with Crippen molar-refractivity contribution in [3.63, 3.8) is 0 Å². The van der Waals surface area contributed by atoms with E-state index in [1.54, 1.807) is 30.3 Å². The van der Waals surface area contributed by atoms with Crippen LogP contribution in [0.15, 0.2) is 63.5 Å². The number of phenolic OH excluding ortho intramolecular Hbond substituents is 2. The molecule has 3 aromatic rings. The molecule has 0 fully saturated rings. The van der Waals surface area contributed by atoms with Gasteiger partial charge in [0.1, 0.15) is 23.8 Å². The number of halogens is 2. The highest BCUT2D eigenvalue weighted by atomic mass is 79.9. The van der Waals surface area contributed by atoms with Crippen molar-refractivity contribution in [2.45, 2.75) is 19.8 Å². The largest absolute Gasteiger partial charge is 0.508 e.